The van der Waals surface area contributed by atoms with Crippen LogP contribution in [0.5, 0.6) is 0 Å². The fourth-order valence-corrected chi connectivity index (χ4v) is 2.64. The Bertz CT molecular complexity index is 257. The zero-order valence-electron chi connectivity index (χ0n) is 12.4. The molecule has 1 N–H and O–H groups in total. The molecule has 0 bridgehead atoms. The van der Waals surface area contributed by atoms with Gasteiger partial charge in [-0.25, -0.2) is 0 Å². The van der Waals surface area contributed by atoms with Crippen LogP contribution in [0.25, 0.3) is 0 Å². The van der Waals surface area contributed by atoms with Gasteiger partial charge in [0.25, 0.3) is 0 Å². The highest BCUT2D eigenvalue weighted by Crippen LogP contribution is 2.14. The van der Waals surface area contributed by atoms with Crippen LogP contribution in [0.4, 0.5) is 0 Å². The molecule has 1 heterocycles. The largest absolute Gasteiger partial charge is 0.325 e. The predicted octanol–water partition coefficient (Wildman–Crippen LogP) is 1.66. The lowest BCUT2D eigenvalue weighted by Crippen LogP contribution is -2.41. The summed E-state index contributed by atoms with van der Waals surface area (Å²) in [4.78, 5) is 16.6. The van der Waals surface area contributed by atoms with Crippen LogP contribution in [0.15, 0.2) is 0 Å². The van der Waals surface area contributed by atoms with Crippen LogP contribution in [0.2, 0.25) is 0 Å². The molecular formula is C14H29N3O. The van der Waals surface area contributed by atoms with Crippen LogP contribution in [0.1, 0.15) is 47.0 Å². The Hall–Kier alpha value is -0.610. The van der Waals surface area contributed by atoms with E-state index in [4.69, 9.17) is 0 Å². The van der Waals surface area contributed by atoms with Gasteiger partial charge in [0.15, 0.2) is 0 Å². The summed E-state index contributed by atoms with van der Waals surface area (Å²) in [5.41, 5.74) is 0. The molecule has 4 nitrogen and oxygen atoms in total. The summed E-state index contributed by atoms with van der Waals surface area (Å²) in [5.74, 6) is 0.289. The number of amides is 1. The Labute approximate surface area is 112 Å². The molecule has 1 aliphatic rings. The molecule has 2 unspecified atom stereocenters. The summed E-state index contributed by atoms with van der Waals surface area (Å²) in [7, 11) is 0. The minimum atomic E-state index is 0.0475. The topological polar surface area (TPSA) is 35.6 Å². The predicted molar refractivity (Wildman–Crippen MR) is 75.4 cm³/mol. The molecule has 0 radical (unpaired) electrons. The molecule has 0 aromatic rings. The molecule has 0 aromatic heterocycles. The van der Waals surface area contributed by atoms with E-state index in [1.807, 2.05) is 4.90 Å². The second kappa shape index (κ2) is 7.74. The van der Waals surface area contributed by atoms with Crippen molar-refractivity contribution >= 4 is 5.91 Å². The summed E-state index contributed by atoms with van der Waals surface area (Å²) in [6.45, 7) is 12.6. The second-order valence-corrected chi connectivity index (χ2v) is 5.15. The minimum Gasteiger partial charge on any atom is -0.325 e. The van der Waals surface area contributed by atoms with Crippen molar-refractivity contribution in [1.82, 2.24) is 15.1 Å². The Morgan fingerprint density at radius 2 is 1.94 bits per heavy atom. The maximum atomic E-state index is 12.2. The van der Waals surface area contributed by atoms with Crippen molar-refractivity contribution < 1.29 is 4.79 Å². The minimum absolute atomic E-state index is 0.0475. The van der Waals surface area contributed by atoms with Gasteiger partial charge < -0.3 is 9.80 Å². The second-order valence-electron chi connectivity index (χ2n) is 5.15. The summed E-state index contributed by atoms with van der Waals surface area (Å²) >= 11 is 0. The van der Waals surface area contributed by atoms with Crippen LogP contribution in [0.3, 0.4) is 0 Å². The van der Waals surface area contributed by atoms with Crippen molar-refractivity contribution in [3.63, 3.8) is 0 Å². The molecular weight excluding hydrogens is 226 g/mol. The van der Waals surface area contributed by atoms with Crippen molar-refractivity contribution in [3.8, 4) is 0 Å². The van der Waals surface area contributed by atoms with Gasteiger partial charge in [-0.1, -0.05) is 27.2 Å². The van der Waals surface area contributed by atoms with Gasteiger partial charge in [-0.05, 0) is 32.9 Å². The van der Waals surface area contributed by atoms with E-state index in [2.05, 4.69) is 37.9 Å². The van der Waals surface area contributed by atoms with Gasteiger partial charge in [0.2, 0.25) is 5.91 Å². The fraction of sp³-hybridized carbons (Fsp3) is 0.929. The van der Waals surface area contributed by atoms with Crippen molar-refractivity contribution in [1.29, 1.82) is 0 Å². The lowest BCUT2D eigenvalue weighted by Gasteiger charge is -2.26. The first-order chi connectivity index (χ1) is 8.63. The Balaban J connectivity index is 2.43. The average molecular weight is 255 g/mol. The van der Waals surface area contributed by atoms with Gasteiger partial charge in [-0.15, -0.1) is 0 Å². The molecule has 1 aliphatic heterocycles. The number of carbonyl (C=O) groups excluding carboxylic acids is 1. The zero-order chi connectivity index (χ0) is 13.5. The lowest BCUT2D eigenvalue weighted by molar-refractivity contribution is -0.130. The average Bonchev–Trinajstić information content (AvgIpc) is 2.61. The van der Waals surface area contributed by atoms with Crippen molar-refractivity contribution in [2.24, 2.45) is 0 Å². The maximum absolute atomic E-state index is 12.2. The van der Waals surface area contributed by atoms with Gasteiger partial charge in [0.1, 0.15) is 0 Å². The third-order valence-electron chi connectivity index (χ3n) is 3.71. The highest BCUT2D eigenvalue weighted by atomic mass is 16.2. The lowest BCUT2D eigenvalue weighted by atomic mass is 10.2. The van der Waals surface area contributed by atoms with E-state index >= 15 is 0 Å². The van der Waals surface area contributed by atoms with Crippen LogP contribution in [-0.4, -0.2) is 54.1 Å². The van der Waals surface area contributed by atoms with Crippen molar-refractivity contribution in [2.75, 3.05) is 26.2 Å². The van der Waals surface area contributed by atoms with E-state index in [1.54, 1.807) is 0 Å². The van der Waals surface area contributed by atoms with Gasteiger partial charge in [-0.2, -0.15) is 0 Å². The molecule has 18 heavy (non-hydrogen) atoms. The Kier molecular flexibility index (Phi) is 6.65. The van der Waals surface area contributed by atoms with Crippen LogP contribution >= 0.6 is 0 Å². The molecule has 1 amide bonds. The standard InChI is InChI=1S/C14H29N3O/c1-5-8-13-14(18)17(12(4)15-13)11-10-16(7-3)9-6-2/h12-13,15H,5-11H2,1-4H3. The van der Waals surface area contributed by atoms with E-state index in [1.165, 1.54) is 6.42 Å². The maximum Gasteiger partial charge on any atom is 0.241 e. The molecule has 2 atom stereocenters. The molecule has 1 rings (SSSR count). The Morgan fingerprint density at radius 1 is 1.22 bits per heavy atom. The first kappa shape index (κ1) is 15.4. The number of carbonyl (C=O) groups is 1. The third kappa shape index (κ3) is 3.95. The quantitative estimate of drug-likeness (QED) is 0.716. The SMILES string of the molecule is CCCC1NC(C)N(CCN(CC)CCC)C1=O. The van der Waals surface area contributed by atoms with Crippen LogP contribution < -0.4 is 5.32 Å². The first-order valence-corrected chi connectivity index (χ1v) is 7.42. The fourth-order valence-electron chi connectivity index (χ4n) is 2.64. The zero-order valence-corrected chi connectivity index (χ0v) is 12.4. The number of likely N-dealkylation sites (N-methyl/N-ethyl adjacent to an activating group) is 1. The Morgan fingerprint density at radius 3 is 2.50 bits per heavy atom. The third-order valence-corrected chi connectivity index (χ3v) is 3.71. The van der Waals surface area contributed by atoms with Crippen molar-refractivity contribution in [3.05, 3.63) is 0 Å². The number of rotatable bonds is 8. The van der Waals surface area contributed by atoms with Crippen LogP contribution in [-0.2, 0) is 4.79 Å². The molecule has 0 saturated carbocycles. The molecule has 0 aromatic carbocycles. The van der Waals surface area contributed by atoms with Gasteiger partial charge in [-0.3, -0.25) is 10.1 Å². The van der Waals surface area contributed by atoms with Gasteiger partial charge in [0.05, 0.1) is 12.2 Å². The van der Waals surface area contributed by atoms with Gasteiger partial charge >= 0.3 is 0 Å². The monoisotopic (exact) mass is 255 g/mol. The molecule has 1 fully saturated rings. The highest BCUT2D eigenvalue weighted by molar-refractivity contribution is 5.84. The number of hydrogen-bond donors (Lipinski definition) is 1. The number of nitrogens with one attached hydrogen (secondary N) is 1. The van der Waals surface area contributed by atoms with Crippen LogP contribution in [0, 0.1) is 0 Å². The molecule has 0 spiro atoms. The first-order valence-electron chi connectivity index (χ1n) is 7.42. The van der Waals surface area contributed by atoms with E-state index in [-0.39, 0.29) is 18.1 Å². The summed E-state index contributed by atoms with van der Waals surface area (Å²) in [5, 5.41) is 3.39. The smallest absolute Gasteiger partial charge is 0.241 e. The van der Waals surface area contributed by atoms with E-state index in [9.17, 15) is 4.79 Å². The number of hydrogen-bond acceptors (Lipinski definition) is 3. The van der Waals surface area contributed by atoms with Crippen molar-refractivity contribution in [2.45, 2.75) is 59.2 Å². The highest BCUT2D eigenvalue weighted by Gasteiger charge is 2.35. The van der Waals surface area contributed by atoms with E-state index < -0.39 is 0 Å². The summed E-state index contributed by atoms with van der Waals surface area (Å²) in [6.07, 6.45) is 3.37. The van der Waals surface area contributed by atoms with Gasteiger partial charge in [0, 0.05) is 13.1 Å². The molecule has 0 aliphatic carbocycles. The summed E-state index contributed by atoms with van der Waals surface area (Å²) < 4.78 is 0. The molecule has 4 heteroatoms. The molecule has 1 saturated heterocycles. The van der Waals surface area contributed by atoms with E-state index in [0.717, 1.165) is 39.0 Å². The number of nitrogens with zero attached hydrogens (tertiary/aromatic N) is 2. The summed E-state index contributed by atoms with van der Waals surface area (Å²) in [6, 6.07) is 0.0475. The van der Waals surface area contributed by atoms with E-state index in [0.29, 0.717) is 0 Å². The normalized spacial score (nSPS) is 24.3. The molecule has 106 valence electrons.